The molecule has 0 spiro atoms. The third kappa shape index (κ3) is 12.4. The molecule has 0 aromatic rings. The fourth-order valence-corrected chi connectivity index (χ4v) is 3.43. The van der Waals surface area contributed by atoms with Crippen LogP contribution in [-0.4, -0.2) is 134 Å². The number of hydrogen-bond donors (Lipinski definition) is 4. The van der Waals surface area contributed by atoms with Gasteiger partial charge in [-0.05, 0) is 40.7 Å². The van der Waals surface area contributed by atoms with E-state index in [1.54, 1.807) is 11.9 Å². The topological polar surface area (TPSA) is 187 Å². The van der Waals surface area contributed by atoms with Crippen molar-refractivity contribution in [3.05, 3.63) is 12.4 Å². The van der Waals surface area contributed by atoms with Crippen LogP contribution in [0.5, 0.6) is 0 Å². The molecule has 1 unspecified atom stereocenters. The second-order valence-electron chi connectivity index (χ2n) is 10.3. The van der Waals surface area contributed by atoms with Gasteiger partial charge in [-0.15, -0.1) is 0 Å². The van der Waals surface area contributed by atoms with Crippen LogP contribution in [0.25, 0.3) is 0 Å². The molecule has 0 aromatic carbocycles. The molecule has 1 saturated heterocycles. The highest BCUT2D eigenvalue weighted by atomic mass is 16.6. The van der Waals surface area contributed by atoms with Gasteiger partial charge < -0.3 is 45.6 Å². The molecule has 0 radical (unpaired) electrons. The van der Waals surface area contributed by atoms with Crippen molar-refractivity contribution in [2.75, 3.05) is 68.0 Å². The van der Waals surface area contributed by atoms with E-state index in [0.29, 0.717) is 31.8 Å². The summed E-state index contributed by atoms with van der Waals surface area (Å²) >= 11 is 0. The lowest BCUT2D eigenvalue weighted by Gasteiger charge is -2.44. The van der Waals surface area contributed by atoms with Crippen molar-refractivity contribution in [2.24, 2.45) is 11.7 Å². The van der Waals surface area contributed by atoms with E-state index in [1.807, 2.05) is 27.8 Å². The predicted octanol–water partition coefficient (Wildman–Crippen LogP) is 0.520. The van der Waals surface area contributed by atoms with Crippen molar-refractivity contribution in [3.8, 4) is 0 Å². The number of β-lactam (4-membered cyclic amide) rings is 1. The molecule has 1 aliphatic rings. The number of carbonyl (C=O) groups is 5. The van der Waals surface area contributed by atoms with E-state index in [4.69, 9.17) is 10.5 Å². The number of aliphatic carboxylic acids is 1. The Labute approximate surface area is 236 Å². The number of carboxylic acid groups (broad SMARTS) is 1. The lowest BCUT2D eigenvalue weighted by atomic mass is 9.84. The molecular formula is C25H47N7O8. The minimum atomic E-state index is -1.23. The Balaban J connectivity index is 0.000000983. The van der Waals surface area contributed by atoms with Gasteiger partial charge in [0.2, 0.25) is 5.91 Å². The Bertz CT molecular complexity index is 893. The molecule has 40 heavy (non-hydrogen) atoms. The normalized spacial score (nSPS) is 16.0. The molecule has 5 N–H and O–H groups in total. The largest absolute Gasteiger partial charge is 0.480 e. The number of urea groups is 1. The van der Waals surface area contributed by atoms with Crippen LogP contribution in [0.15, 0.2) is 12.4 Å². The number of ether oxygens (including phenoxy) is 2. The molecule has 1 fully saturated rings. The van der Waals surface area contributed by atoms with Crippen molar-refractivity contribution >= 4 is 30.1 Å². The van der Waals surface area contributed by atoms with Gasteiger partial charge in [-0.3, -0.25) is 4.79 Å². The number of hydrogen-bond acceptors (Lipinski definition) is 10. The maximum atomic E-state index is 12.5. The molecule has 0 aliphatic carbocycles. The van der Waals surface area contributed by atoms with Crippen molar-refractivity contribution in [3.63, 3.8) is 0 Å². The molecule has 1 rings (SSSR count). The number of imide groups is 1. The summed E-state index contributed by atoms with van der Waals surface area (Å²) < 4.78 is 9.70. The van der Waals surface area contributed by atoms with Gasteiger partial charge in [-0.1, -0.05) is 6.58 Å². The van der Waals surface area contributed by atoms with Gasteiger partial charge in [0.25, 0.3) is 0 Å². The van der Waals surface area contributed by atoms with Gasteiger partial charge in [0.05, 0.1) is 18.8 Å². The minimum absolute atomic E-state index is 0.119. The van der Waals surface area contributed by atoms with E-state index in [2.05, 4.69) is 21.9 Å². The van der Waals surface area contributed by atoms with Crippen LogP contribution in [-0.2, 0) is 19.1 Å². The summed E-state index contributed by atoms with van der Waals surface area (Å²) in [5, 5.41) is 15.2. The number of nitrogens with zero attached hydrogens (tertiary/aromatic N) is 4. The van der Waals surface area contributed by atoms with Crippen molar-refractivity contribution in [1.82, 2.24) is 30.2 Å². The number of nitrogens with two attached hydrogens (primary N) is 1. The molecule has 5 amide bonds. The lowest BCUT2D eigenvalue weighted by molar-refractivity contribution is -0.166. The van der Waals surface area contributed by atoms with Gasteiger partial charge in [-0.25, -0.2) is 24.1 Å². The van der Waals surface area contributed by atoms with Crippen molar-refractivity contribution in [2.45, 2.75) is 45.3 Å². The highest BCUT2D eigenvalue weighted by Crippen LogP contribution is 2.31. The maximum absolute atomic E-state index is 12.5. The molecule has 0 bridgehead atoms. The summed E-state index contributed by atoms with van der Waals surface area (Å²) in [4.78, 5) is 63.7. The first kappa shape index (κ1) is 36.2. The zero-order valence-electron chi connectivity index (χ0n) is 25.0. The predicted molar refractivity (Wildman–Crippen MR) is 148 cm³/mol. The van der Waals surface area contributed by atoms with Crippen LogP contribution in [0.2, 0.25) is 0 Å². The van der Waals surface area contributed by atoms with Gasteiger partial charge in [-0.2, -0.15) is 0 Å². The number of carboxylic acids is 1. The Morgan fingerprint density at radius 3 is 2.05 bits per heavy atom. The standard InChI is InChI=1S/C16H27N5O6.C9H20N2O2/c1-10(17)18-7-5-6-11-12(14(23)24)21(13(11)22)15(25)19(2)8-9-20(3)16(26)27-4;1-9(2,3)13-8(12)11(5)7-6-10-4/h11-12,18H,1,5-9,17H2,2-4H3,(H,23,24);10H,6-7H2,1-5H3/t11-,12?;/m1./s1. The quantitative estimate of drug-likeness (QED) is 0.188. The summed E-state index contributed by atoms with van der Waals surface area (Å²) in [6.07, 6.45) is -0.0109. The Morgan fingerprint density at radius 1 is 1.02 bits per heavy atom. The highest BCUT2D eigenvalue weighted by Gasteiger charge is 2.54. The highest BCUT2D eigenvalue weighted by molar-refractivity contribution is 6.07. The molecule has 0 saturated carbocycles. The average molecular weight is 574 g/mol. The summed E-state index contributed by atoms with van der Waals surface area (Å²) in [6, 6.07) is -1.91. The van der Waals surface area contributed by atoms with Crippen LogP contribution in [0, 0.1) is 5.92 Å². The molecule has 1 aliphatic heterocycles. The van der Waals surface area contributed by atoms with E-state index in [9.17, 15) is 29.1 Å². The van der Waals surface area contributed by atoms with Crippen molar-refractivity contribution in [1.29, 1.82) is 0 Å². The number of amides is 5. The molecule has 15 nitrogen and oxygen atoms in total. The minimum Gasteiger partial charge on any atom is -0.480 e. The fraction of sp³-hybridized carbons (Fsp3) is 0.720. The number of carbonyl (C=O) groups excluding carboxylic acids is 4. The number of likely N-dealkylation sites (tertiary alicyclic amines) is 1. The second kappa shape index (κ2) is 17.0. The first-order chi connectivity index (χ1) is 18.5. The molecule has 1 heterocycles. The van der Waals surface area contributed by atoms with Crippen LogP contribution in [0.1, 0.15) is 33.6 Å². The van der Waals surface area contributed by atoms with Crippen molar-refractivity contribution < 1.29 is 38.6 Å². The molecular weight excluding hydrogens is 526 g/mol. The fourth-order valence-electron chi connectivity index (χ4n) is 3.43. The number of nitrogens with one attached hydrogen (secondary N) is 2. The first-order valence-corrected chi connectivity index (χ1v) is 12.8. The summed E-state index contributed by atoms with van der Waals surface area (Å²) in [7, 11) is 7.75. The molecule has 0 aromatic heterocycles. The lowest BCUT2D eigenvalue weighted by Crippen LogP contribution is -2.68. The number of methoxy groups -OCH3 is 1. The van der Waals surface area contributed by atoms with Crippen LogP contribution >= 0.6 is 0 Å². The summed E-state index contributed by atoms with van der Waals surface area (Å²) in [6.45, 7) is 11.2. The number of rotatable bonds is 12. The first-order valence-electron chi connectivity index (χ1n) is 12.8. The molecule has 2 atom stereocenters. The Hall–Kier alpha value is -3.75. The SMILES string of the molecule is C=C(N)NCCC[C@H]1C(=O)N(C(=O)N(C)CCN(C)C(=O)OC)C1C(=O)O.CNCCN(C)C(=O)OC(C)(C)C. The zero-order valence-corrected chi connectivity index (χ0v) is 25.0. The Morgan fingerprint density at radius 2 is 1.57 bits per heavy atom. The smallest absolute Gasteiger partial charge is 0.410 e. The third-order valence-electron chi connectivity index (χ3n) is 5.70. The van der Waals surface area contributed by atoms with E-state index < -0.39 is 41.6 Å². The Kier molecular flexibility index (Phi) is 15.4. The molecule has 15 heteroatoms. The van der Waals surface area contributed by atoms with E-state index >= 15 is 0 Å². The monoisotopic (exact) mass is 573 g/mol. The second-order valence-corrected chi connectivity index (χ2v) is 10.3. The average Bonchev–Trinajstić information content (AvgIpc) is 2.86. The van der Waals surface area contributed by atoms with Gasteiger partial charge in [0, 0.05) is 53.9 Å². The van der Waals surface area contributed by atoms with E-state index in [1.165, 1.54) is 31.0 Å². The van der Waals surface area contributed by atoms with Gasteiger partial charge in [0.1, 0.15) is 5.60 Å². The van der Waals surface area contributed by atoms with Gasteiger partial charge >= 0.3 is 24.2 Å². The van der Waals surface area contributed by atoms with E-state index in [0.717, 1.165) is 11.4 Å². The third-order valence-corrected chi connectivity index (χ3v) is 5.70. The number of likely N-dealkylation sites (N-methyl/N-ethyl adjacent to an activating group) is 4. The molecule has 230 valence electrons. The van der Waals surface area contributed by atoms with Gasteiger partial charge in [0.15, 0.2) is 6.04 Å². The summed E-state index contributed by atoms with van der Waals surface area (Å²) in [5.74, 6) is -2.22. The van der Waals surface area contributed by atoms with Crippen LogP contribution < -0.4 is 16.4 Å². The van der Waals surface area contributed by atoms with E-state index in [-0.39, 0.29) is 19.2 Å². The maximum Gasteiger partial charge on any atom is 0.410 e. The zero-order chi connectivity index (χ0) is 31.2. The van der Waals surface area contributed by atoms with Crippen LogP contribution in [0.4, 0.5) is 14.4 Å². The summed E-state index contributed by atoms with van der Waals surface area (Å²) in [5.41, 5.74) is 4.96. The van der Waals surface area contributed by atoms with Crippen LogP contribution in [0.3, 0.4) is 0 Å².